The number of halogens is 1. The van der Waals surface area contributed by atoms with Crippen molar-refractivity contribution in [2.24, 2.45) is 4.99 Å². The molecule has 2 aromatic heterocycles. The van der Waals surface area contributed by atoms with E-state index in [-0.39, 0.29) is 18.0 Å². The summed E-state index contributed by atoms with van der Waals surface area (Å²) in [5.74, 6) is 1.75. The summed E-state index contributed by atoms with van der Waals surface area (Å²) in [7, 11) is -1.96. The number of sulfonamides is 1. The predicted octanol–water partition coefficient (Wildman–Crippen LogP) is 3.66. The van der Waals surface area contributed by atoms with E-state index in [9.17, 15) is 8.42 Å². The summed E-state index contributed by atoms with van der Waals surface area (Å²) in [5.41, 5.74) is 2.58. The molecule has 1 aromatic carbocycles. The summed E-state index contributed by atoms with van der Waals surface area (Å²) in [4.78, 5) is 18.5. The van der Waals surface area contributed by atoms with E-state index >= 15 is 0 Å². The molecule has 2 N–H and O–H groups in total. The quantitative estimate of drug-likeness (QED) is 0.259. The van der Waals surface area contributed by atoms with Gasteiger partial charge in [-0.25, -0.2) is 8.42 Å². The van der Waals surface area contributed by atoms with E-state index in [0.29, 0.717) is 48.6 Å². The minimum atomic E-state index is -3.66. The maximum absolute atomic E-state index is 13.5. The lowest BCUT2D eigenvalue weighted by atomic mass is 10.1. The molecule has 12 nitrogen and oxygen atoms in total. The van der Waals surface area contributed by atoms with Crippen LogP contribution in [0.15, 0.2) is 51.4 Å². The Morgan fingerprint density at radius 1 is 1.14 bits per heavy atom. The first-order chi connectivity index (χ1) is 20.6. The van der Waals surface area contributed by atoms with E-state index in [4.69, 9.17) is 9.97 Å². The van der Waals surface area contributed by atoms with Crippen molar-refractivity contribution in [2.75, 3.05) is 61.4 Å². The summed E-state index contributed by atoms with van der Waals surface area (Å²) in [6, 6.07) is 8.54. The number of rotatable bonds is 9. The van der Waals surface area contributed by atoms with Gasteiger partial charge in [-0.05, 0) is 61.7 Å². The van der Waals surface area contributed by atoms with Crippen molar-refractivity contribution >= 4 is 55.0 Å². The number of hydrogen-bond acceptors (Lipinski definition) is 9. The number of aryl methyl sites for hydroxylation is 1. The number of aliphatic imine (C=N–C) groups is 1. The van der Waals surface area contributed by atoms with Crippen LogP contribution in [-0.2, 0) is 10.0 Å². The molecule has 2 unspecified atom stereocenters. The molecule has 3 aromatic rings. The number of hydrogen-bond donors (Lipinski definition) is 2. The van der Waals surface area contributed by atoms with Gasteiger partial charge in [-0.15, -0.1) is 0 Å². The predicted molar refractivity (Wildman–Crippen MR) is 177 cm³/mol. The fourth-order valence-electron chi connectivity index (χ4n) is 5.64. The molecule has 0 aliphatic carbocycles. The summed E-state index contributed by atoms with van der Waals surface area (Å²) >= 11 is 3.58. The summed E-state index contributed by atoms with van der Waals surface area (Å²) in [6.07, 6.45) is 4.48. The van der Waals surface area contributed by atoms with E-state index in [0.717, 1.165) is 48.1 Å². The molecule has 4 heterocycles. The number of benzene rings is 1. The van der Waals surface area contributed by atoms with Crippen LogP contribution in [0.5, 0.6) is 0 Å². The van der Waals surface area contributed by atoms with Crippen LogP contribution in [0.3, 0.4) is 0 Å². The Bertz CT molecular complexity index is 1570. The number of amidine groups is 1. The second-order valence-corrected chi connectivity index (χ2v) is 14.3. The largest absolute Gasteiger partial charge is 0.347 e. The highest BCUT2D eigenvalue weighted by atomic mass is 79.9. The molecule has 2 saturated heterocycles. The molecular formula is C29H41BrN10O2S. The topological polar surface area (TPSA) is 123 Å². The zero-order valence-electron chi connectivity index (χ0n) is 25.3. The molecule has 0 amide bonds. The van der Waals surface area contributed by atoms with Gasteiger partial charge in [0.05, 0.1) is 28.7 Å². The Kier molecular flexibility index (Phi) is 9.69. The third-order valence-corrected chi connectivity index (χ3v) is 10.3. The Morgan fingerprint density at radius 3 is 2.47 bits per heavy atom. The van der Waals surface area contributed by atoms with Crippen molar-refractivity contribution in [1.29, 1.82) is 0 Å². The monoisotopic (exact) mass is 672 g/mol. The third-order valence-electron chi connectivity index (χ3n) is 7.83. The van der Waals surface area contributed by atoms with Gasteiger partial charge in [-0.1, -0.05) is 30.7 Å². The van der Waals surface area contributed by atoms with Gasteiger partial charge in [-0.2, -0.15) is 23.9 Å². The molecule has 0 saturated carbocycles. The fraction of sp³-hybridized carbons (Fsp3) is 0.517. The maximum Gasteiger partial charge on any atom is 0.240 e. The molecule has 2 fully saturated rings. The van der Waals surface area contributed by atoms with Crippen LogP contribution in [0.1, 0.15) is 38.7 Å². The zero-order chi connectivity index (χ0) is 30.7. The van der Waals surface area contributed by atoms with Gasteiger partial charge in [0.2, 0.25) is 21.9 Å². The van der Waals surface area contributed by atoms with Crippen LogP contribution >= 0.6 is 15.9 Å². The Balaban J connectivity index is 1.43. The van der Waals surface area contributed by atoms with E-state index in [1.165, 1.54) is 0 Å². The van der Waals surface area contributed by atoms with E-state index in [1.54, 1.807) is 22.1 Å². The second kappa shape index (κ2) is 13.3. The van der Waals surface area contributed by atoms with Crippen LogP contribution in [0.4, 0.5) is 17.6 Å². The van der Waals surface area contributed by atoms with Crippen molar-refractivity contribution in [3.8, 4) is 0 Å². The third kappa shape index (κ3) is 7.03. The van der Waals surface area contributed by atoms with Gasteiger partial charge in [0.1, 0.15) is 5.84 Å². The van der Waals surface area contributed by atoms with Crippen molar-refractivity contribution in [3.63, 3.8) is 0 Å². The second-order valence-electron chi connectivity index (χ2n) is 11.4. The normalized spacial score (nSPS) is 20.4. The van der Waals surface area contributed by atoms with Crippen molar-refractivity contribution in [2.45, 2.75) is 52.1 Å². The van der Waals surface area contributed by atoms with E-state index in [2.05, 4.69) is 62.0 Å². The molecule has 232 valence electrons. The van der Waals surface area contributed by atoms with Crippen molar-refractivity contribution < 1.29 is 8.42 Å². The summed E-state index contributed by atoms with van der Waals surface area (Å²) in [5, 5.41) is 11.4. The molecule has 43 heavy (non-hydrogen) atoms. The lowest BCUT2D eigenvalue weighted by Crippen LogP contribution is -2.54. The fourth-order valence-corrected chi connectivity index (χ4v) is 7.39. The first-order valence-corrected chi connectivity index (χ1v) is 16.9. The van der Waals surface area contributed by atoms with Crippen LogP contribution in [-0.4, -0.2) is 96.5 Å². The Hall–Kier alpha value is -3.07. The highest BCUT2D eigenvalue weighted by Crippen LogP contribution is 2.25. The zero-order valence-corrected chi connectivity index (χ0v) is 27.7. The number of piperidine rings is 1. The number of anilines is 3. The molecule has 0 spiro atoms. The van der Waals surface area contributed by atoms with Gasteiger partial charge in [-0.3, -0.25) is 4.99 Å². The van der Waals surface area contributed by atoms with Gasteiger partial charge in [0.15, 0.2) is 5.65 Å². The van der Waals surface area contributed by atoms with Gasteiger partial charge in [0, 0.05) is 51.0 Å². The Morgan fingerprint density at radius 2 is 1.81 bits per heavy atom. The van der Waals surface area contributed by atoms with Crippen LogP contribution in [0.2, 0.25) is 0 Å². The molecule has 2 atom stereocenters. The molecule has 2 aliphatic rings. The number of nitrogens with one attached hydrogen (secondary N) is 2. The smallest absolute Gasteiger partial charge is 0.240 e. The first-order valence-electron chi connectivity index (χ1n) is 14.7. The lowest BCUT2D eigenvalue weighted by Gasteiger charge is -2.36. The Labute approximate surface area is 262 Å². The van der Waals surface area contributed by atoms with Crippen LogP contribution < -0.4 is 20.4 Å². The number of piperazine rings is 1. The van der Waals surface area contributed by atoms with Crippen molar-refractivity contribution in [3.05, 3.63) is 52.0 Å². The molecule has 2 aliphatic heterocycles. The average molecular weight is 674 g/mol. The average Bonchev–Trinajstić information content (AvgIpc) is 3.37. The first kappa shape index (κ1) is 31.4. The molecule has 0 radical (unpaired) electrons. The maximum atomic E-state index is 13.5. The number of aromatic nitrogens is 4. The standard InChI is InChI=1S/C29H41BrN10O2S/c1-20-9-11-24(12-10-20)39(19-23(4)43(41,42)38-13-7-6-8-14-38)26(31-5)16-32-28-36-29(35-27-25(30)15-33-40(27)28)37-17-21(2)34-22(3)18-37/h9-12,15,21-22,34H,4,6-8,13-14,16-19H2,1-3,5H3,(H,32,35,36). The minimum Gasteiger partial charge on any atom is -0.347 e. The molecule has 0 bridgehead atoms. The SMILES string of the molecule is C=C(CN(C(CNc1nc(N2CC(C)NC(C)C2)nc2c(Br)cnn12)=NC)c1ccc(C)cc1)S(=O)(=O)N1CCCCC1. The summed E-state index contributed by atoms with van der Waals surface area (Å²) in [6.45, 7) is 13.3. The molecule has 5 rings (SSSR count). The molecule has 14 heteroatoms. The van der Waals surface area contributed by atoms with Gasteiger partial charge < -0.3 is 20.4 Å². The number of fused-ring (bicyclic) bond motifs is 1. The molecular weight excluding hydrogens is 632 g/mol. The van der Waals surface area contributed by atoms with Crippen LogP contribution in [0, 0.1) is 6.92 Å². The summed E-state index contributed by atoms with van der Waals surface area (Å²) < 4.78 is 30.9. The van der Waals surface area contributed by atoms with Gasteiger partial charge >= 0.3 is 0 Å². The lowest BCUT2D eigenvalue weighted by molar-refractivity contribution is 0.349. The van der Waals surface area contributed by atoms with Gasteiger partial charge in [0.25, 0.3) is 0 Å². The number of nitrogens with zero attached hydrogens (tertiary/aromatic N) is 8. The minimum absolute atomic E-state index is 0.0740. The van der Waals surface area contributed by atoms with Crippen molar-refractivity contribution in [1.82, 2.24) is 29.2 Å². The van der Waals surface area contributed by atoms with E-state index in [1.807, 2.05) is 36.1 Å². The highest BCUT2D eigenvalue weighted by Gasteiger charge is 2.30. The van der Waals surface area contributed by atoms with Crippen LogP contribution in [0.25, 0.3) is 5.65 Å². The van der Waals surface area contributed by atoms with E-state index < -0.39 is 10.0 Å². The highest BCUT2D eigenvalue weighted by molar-refractivity contribution is 9.10.